The van der Waals surface area contributed by atoms with Crippen molar-refractivity contribution < 1.29 is 13.2 Å². The minimum atomic E-state index is -1.48. The van der Waals surface area contributed by atoms with E-state index >= 15 is 0 Å². The van der Waals surface area contributed by atoms with Gasteiger partial charge in [-0.25, -0.2) is 18.2 Å². The van der Waals surface area contributed by atoms with Crippen LogP contribution >= 0.6 is 11.6 Å². The van der Waals surface area contributed by atoms with Crippen molar-refractivity contribution in [2.75, 3.05) is 6.54 Å². The van der Waals surface area contributed by atoms with Crippen LogP contribution in [0.25, 0.3) is 11.4 Å². The number of nitrogens with one attached hydrogen (secondary N) is 1. The molecular weight excluding hydrogens is 391 g/mol. The molecule has 1 aliphatic rings. The van der Waals surface area contributed by atoms with E-state index in [1.54, 1.807) is 24.3 Å². The van der Waals surface area contributed by atoms with Gasteiger partial charge in [0.05, 0.1) is 5.69 Å². The van der Waals surface area contributed by atoms with Crippen LogP contribution in [0.2, 0.25) is 5.02 Å². The highest BCUT2D eigenvalue weighted by atomic mass is 35.5. The summed E-state index contributed by atoms with van der Waals surface area (Å²) < 4.78 is 40.1. The number of rotatable bonds is 3. The molecule has 4 nitrogen and oxygen atoms in total. The van der Waals surface area contributed by atoms with Gasteiger partial charge in [-0.3, -0.25) is 9.69 Å². The second kappa shape index (κ2) is 7.41. The first-order valence-electron chi connectivity index (χ1n) is 8.64. The van der Waals surface area contributed by atoms with Crippen LogP contribution in [-0.4, -0.2) is 21.4 Å². The third kappa shape index (κ3) is 3.68. The van der Waals surface area contributed by atoms with Crippen molar-refractivity contribution in [3.05, 3.63) is 86.0 Å². The van der Waals surface area contributed by atoms with Gasteiger partial charge in [-0.2, -0.15) is 0 Å². The normalized spacial score (nSPS) is 14.1. The number of hydrogen-bond acceptors (Lipinski definition) is 3. The van der Waals surface area contributed by atoms with E-state index in [0.29, 0.717) is 47.2 Å². The quantitative estimate of drug-likeness (QED) is 0.668. The topological polar surface area (TPSA) is 49.0 Å². The van der Waals surface area contributed by atoms with Crippen LogP contribution in [0.15, 0.2) is 41.2 Å². The molecule has 1 aliphatic heterocycles. The summed E-state index contributed by atoms with van der Waals surface area (Å²) in [6.07, 6.45) is 0.463. The van der Waals surface area contributed by atoms with Crippen molar-refractivity contribution in [3.63, 3.8) is 0 Å². The van der Waals surface area contributed by atoms with Gasteiger partial charge >= 0.3 is 0 Å². The summed E-state index contributed by atoms with van der Waals surface area (Å²) in [5.74, 6) is -3.48. The monoisotopic (exact) mass is 405 g/mol. The lowest BCUT2D eigenvalue weighted by Gasteiger charge is -2.27. The van der Waals surface area contributed by atoms with Crippen molar-refractivity contribution >= 4 is 11.6 Å². The molecule has 2 heterocycles. The maximum atomic E-state index is 13.5. The Morgan fingerprint density at radius 1 is 1.11 bits per heavy atom. The van der Waals surface area contributed by atoms with E-state index in [2.05, 4.69) is 9.97 Å². The Morgan fingerprint density at radius 3 is 2.46 bits per heavy atom. The Bertz CT molecular complexity index is 1080. The molecule has 28 heavy (non-hydrogen) atoms. The van der Waals surface area contributed by atoms with Gasteiger partial charge in [0, 0.05) is 35.8 Å². The molecule has 0 atom stereocenters. The van der Waals surface area contributed by atoms with Gasteiger partial charge < -0.3 is 4.98 Å². The molecule has 1 aromatic heterocycles. The zero-order valence-corrected chi connectivity index (χ0v) is 15.4. The second-order valence-corrected chi connectivity index (χ2v) is 7.12. The maximum absolute atomic E-state index is 13.5. The Labute approximate surface area is 163 Å². The van der Waals surface area contributed by atoms with E-state index in [0.717, 1.165) is 17.7 Å². The highest BCUT2D eigenvalue weighted by molar-refractivity contribution is 6.30. The highest BCUT2D eigenvalue weighted by Crippen LogP contribution is 2.22. The Balaban J connectivity index is 1.61. The van der Waals surface area contributed by atoms with Crippen LogP contribution in [0.5, 0.6) is 0 Å². The minimum absolute atomic E-state index is 0.200. The van der Waals surface area contributed by atoms with Crippen LogP contribution in [0.4, 0.5) is 13.2 Å². The van der Waals surface area contributed by atoms with E-state index in [9.17, 15) is 18.0 Å². The molecule has 0 spiro atoms. The van der Waals surface area contributed by atoms with Gasteiger partial charge in [-0.1, -0.05) is 11.6 Å². The van der Waals surface area contributed by atoms with Gasteiger partial charge in [-0.15, -0.1) is 0 Å². The molecule has 0 aliphatic carbocycles. The van der Waals surface area contributed by atoms with E-state index in [-0.39, 0.29) is 12.1 Å². The lowest BCUT2D eigenvalue weighted by atomic mass is 10.0. The Morgan fingerprint density at radius 2 is 1.79 bits per heavy atom. The number of H-pyrrole nitrogens is 1. The largest absolute Gasteiger partial charge is 0.306 e. The molecule has 0 unspecified atom stereocenters. The number of benzene rings is 2. The van der Waals surface area contributed by atoms with Crippen molar-refractivity contribution in [2.45, 2.75) is 19.5 Å². The summed E-state index contributed by atoms with van der Waals surface area (Å²) in [7, 11) is 0. The standard InChI is InChI=1S/C20H15ClF3N3O/c21-13-3-1-12(2-4-13)19-25-17-10-27(6-5-14(17)20(28)26-19)9-11-7-15(22)18(24)16(23)8-11/h1-4,7-8H,5-6,9-10H2,(H,25,26,28). The van der Waals surface area contributed by atoms with E-state index in [1.165, 1.54) is 0 Å². The number of hydrogen-bond donors (Lipinski definition) is 1. The summed E-state index contributed by atoms with van der Waals surface area (Å²) >= 11 is 5.90. The summed E-state index contributed by atoms with van der Waals surface area (Å²) in [5.41, 5.74) is 2.06. The van der Waals surface area contributed by atoms with Gasteiger partial charge in [0.15, 0.2) is 17.5 Å². The predicted octanol–water partition coefficient (Wildman–Crippen LogP) is 4.07. The molecule has 0 bridgehead atoms. The average molecular weight is 406 g/mol. The van der Waals surface area contributed by atoms with Gasteiger partial charge in [0.25, 0.3) is 5.56 Å². The van der Waals surface area contributed by atoms with E-state index < -0.39 is 17.5 Å². The molecule has 4 rings (SSSR count). The van der Waals surface area contributed by atoms with Crippen molar-refractivity contribution in [2.24, 2.45) is 0 Å². The van der Waals surface area contributed by atoms with Gasteiger partial charge in [-0.05, 0) is 48.4 Å². The SMILES string of the molecule is O=c1[nH]c(-c2ccc(Cl)cc2)nc2c1CCN(Cc1cc(F)c(F)c(F)c1)C2. The number of aromatic nitrogens is 2. The smallest absolute Gasteiger partial charge is 0.254 e. The minimum Gasteiger partial charge on any atom is -0.306 e. The fourth-order valence-corrected chi connectivity index (χ4v) is 3.46. The third-order valence-electron chi connectivity index (χ3n) is 4.72. The van der Waals surface area contributed by atoms with Crippen molar-refractivity contribution in [3.8, 4) is 11.4 Å². The zero-order chi connectivity index (χ0) is 19.8. The molecule has 0 amide bonds. The zero-order valence-electron chi connectivity index (χ0n) is 14.6. The molecular formula is C20H15ClF3N3O. The van der Waals surface area contributed by atoms with E-state index in [4.69, 9.17) is 11.6 Å². The van der Waals surface area contributed by atoms with Crippen LogP contribution in [-0.2, 0) is 19.5 Å². The first-order valence-corrected chi connectivity index (χ1v) is 9.02. The highest BCUT2D eigenvalue weighted by Gasteiger charge is 2.22. The lowest BCUT2D eigenvalue weighted by Crippen LogP contribution is -2.35. The predicted molar refractivity (Wildman–Crippen MR) is 99.4 cm³/mol. The maximum Gasteiger partial charge on any atom is 0.254 e. The van der Waals surface area contributed by atoms with Crippen molar-refractivity contribution in [1.29, 1.82) is 0 Å². The van der Waals surface area contributed by atoms with Crippen molar-refractivity contribution in [1.82, 2.24) is 14.9 Å². The molecule has 8 heteroatoms. The van der Waals surface area contributed by atoms with Crippen LogP contribution < -0.4 is 5.56 Å². The van der Waals surface area contributed by atoms with Crippen LogP contribution in [0.3, 0.4) is 0 Å². The van der Waals surface area contributed by atoms with Crippen LogP contribution in [0, 0.1) is 17.5 Å². The first kappa shape index (κ1) is 18.7. The molecule has 2 aromatic carbocycles. The second-order valence-electron chi connectivity index (χ2n) is 6.68. The number of halogens is 4. The number of nitrogens with zero attached hydrogens (tertiary/aromatic N) is 2. The Kier molecular flexibility index (Phi) is 4.95. The molecule has 144 valence electrons. The first-order chi connectivity index (χ1) is 13.4. The molecule has 0 radical (unpaired) electrons. The summed E-state index contributed by atoms with van der Waals surface area (Å²) in [4.78, 5) is 21.7. The van der Waals surface area contributed by atoms with E-state index in [1.807, 2.05) is 4.90 Å². The van der Waals surface area contributed by atoms with Gasteiger partial charge in [0.1, 0.15) is 5.82 Å². The number of aromatic amines is 1. The third-order valence-corrected chi connectivity index (χ3v) is 4.97. The number of fused-ring (bicyclic) bond motifs is 1. The molecule has 1 N–H and O–H groups in total. The molecule has 0 saturated heterocycles. The van der Waals surface area contributed by atoms with Crippen LogP contribution in [0.1, 0.15) is 16.8 Å². The molecule has 0 saturated carbocycles. The lowest BCUT2D eigenvalue weighted by molar-refractivity contribution is 0.239. The van der Waals surface area contributed by atoms with Gasteiger partial charge in [0.2, 0.25) is 0 Å². The summed E-state index contributed by atoms with van der Waals surface area (Å²) in [5, 5.41) is 0.578. The molecule has 0 fully saturated rings. The average Bonchev–Trinajstić information content (AvgIpc) is 2.66. The summed E-state index contributed by atoms with van der Waals surface area (Å²) in [6, 6.07) is 8.91. The summed E-state index contributed by atoms with van der Waals surface area (Å²) in [6.45, 7) is 1.09. The Hall–Kier alpha value is -2.64. The fourth-order valence-electron chi connectivity index (χ4n) is 3.33. The fraction of sp³-hybridized carbons (Fsp3) is 0.200. The molecule has 3 aromatic rings.